The first-order valence-electron chi connectivity index (χ1n) is 6.28. The predicted molar refractivity (Wildman–Crippen MR) is 82.9 cm³/mol. The number of nitrogens with zero attached hydrogens (tertiary/aromatic N) is 1. The average molecular weight is 325 g/mol. The molecule has 1 heterocycles. The number of thiazole rings is 1. The number of rotatable bonds is 6. The van der Waals surface area contributed by atoms with Crippen molar-refractivity contribution >= 4 is 45.3 Å². The minimum absolute atomic E-state index is 0.0399. The molecular formula is C14H15NO4S2. The van der Waals surface area contributed by atoms with Crippen LogP contribution in [0, 0.1) is 5.41 Å². The number of carboxylic acids is 2. The fourth-order valence-electron chi connectivity index (χ4n) is 1.75. The number of fused-ring (bicyclic) bond motifs is 1. The number of aromatic nitrogens is 1. The predicted octanol–water partition coefficient (Wildman–Crippen LogP) is 3.34. The van der Waals surface area contributed by atoms with Crippen molar-refractivity contribution < 1.29 is 19.8 Å². The minimum atomic E-state index is -1.09. The second kappa shape index (κ2) is 6.03. The quantitative estimate of drug-likeness (QED) is 0.792. The van der Waals surface area contributed by atoms with E-state index >= 15 is 0 Å². The van der Waals surface area contributed by atoms with Crippen molar-refractivity contribution in [3.63, 3.8) is 0 Å². The third-order valence-corrected chi connectivity index (χ3v) is 5.38. The Bertz CT molecular complexity index is 647. The minimum Gasteiger partial charge on any atom is -0.481 e. The van der Waals surface area contributed by atoms with E-state index in [2.05, 4.69) is 4.98 Å². The summed E-state index contributed by atoms with van der Waals surface area (Å²) in [7, 11) is 0. The number of thioether (sulfide) groups is 1. The summed E-state index contributed by atoms with van der Waals surface area (Å²) in [6.07, 6.45) is 0.0399. The summed E-state index contributed by atoms with van der Waals surface area (Å²) >= 11 is 2.53. The normalized spacial score (nSPS) is 13.2. The van der Waals surface area contributed by atoms with E-state index in [0.717, 1.165) is 22.0 Å². The summed E-state index contributed by atoms with van der Waals surface area (Å²) < 4.78 is 1.63. The largest absolute Gasteiger partial charge is 0.481 e. The first-order valence-corrected chi connectivity index (χ1v) is 7.97. The number of benzene rings is 1. The zero-order valence-corrected chi connectivity index (χ0v) is 13.2. The highest BCUT2D eigenvalue weighted by Crippen LogP contribution is 2.36. The Balaban J connectivity index is 2.20. The molecule has 0 aliphatic heterocycles. The fourth-order valence-corrected chi connectivity index (χ4v) is 4.26. The number of para-hydroxylation sites is 1. The van der Waals surface area contributed by atoms with Crippen molar-refractivity contribution in [1.29, 1.82) is 0 Å². The Morgan fingerprint density at radius 1 is 1.33 bits per heavy atom. The summed E-state index contributed by atoms with van der Waals surface area (Å²) in [6, 6.07) is 7.57. The molecule has 1 aromatic carbocycles. The molecule has 2 aromatic rings. The molecule has 0 bridgehead atoms. The summed E-state index contributed by atoms with van der Waals surface area (Å²) in [4.78, 5) is 26.9. The zero-order chi connectivity index (χ0) is 15.6. The fraction of sp³-hybridized carbons (Fsp3) is 0.357. The van der Waals surface area contributed by atoms with E-state index < -0.39 is 22.6 Å². The van der Waals surface area contributed by atoms with Crippen LogP contribution < -0.4 is 0 Å². The first kappa shape index (κ1) is 15.8. The zero-order valence-electron chi connectivity index (χ0n) is 11.6. The van der Waals surface area contributed by atoms with Crippen molar-refractivity contribution in [1.82, 2.24) is 4.98 Å². The second-order valence-electron chi connectivity index (χ2n) is 5.29. The van der Waals surface area contributed by atoms with E-state index in [1.165, 1.54) is 25.2 Å². The van der Waals surface area contributed by atoms with Gasteiger partial charge in [0.25, 0.3) is 0 Å². The molecule has 1 aromatic heterocycles. The Labute approximate surface area is 130 Å². The van der Waals surface area contributed by atoms with Crippen LogP contribution in [-0.4, -0.2) is 32.4 Å². The number of carbonyl (C=O) groups is 2. The Morgan fingerprint density at radius 3 is 2.57 bits per heavy atom. The lowest BCUT2D eigenvalue weighted by Gasteiger charge is -2.22. The van der Waals surface area contributed by atoms with Gasteiger partial charge in [0.05, 0.1) is 15.6 Å². The van der Waals surface area contributed by atoms with E-state index in [0.29, 0.717) is 4.34 Å². The Morgan fingerprint density at radius 2 is 2.00 bits per heavy atom. The van der Waals surface area contributed by atoms with Gasteiger partial charge < -0.3 is 10.2 Å². The van der Waals surface area contributed by atoms with Crippen molar-refractivity contribution in [3.05, 3.63) is 24.3 Å². The van der Waals surface area contributed by atoms with Gasteiger partial charge >= 0.3 is 11.9 Å². The lowest BCUT2D eigenvalue weighted by atomic mass is 9.88. The summed E-state index contributed by atoms with van der Waals surface area (Å²) in [6.45, 7) is 3.06. The van der Waals surface area contributed by atoms with Crippen LogP contribution in [0.4, 0.5) is 0 Å². The third kappa shape index (κ3) is 3.74. The van der Waals surface area contributed by atoms with Crippen molar-refractivity contribution in [2.45, 2.75) is 29.9 Å². The highest BCUT2D eigenvalue weighted by atomic mass is 32.2. The molecule has 0 spiro atoms. The maximum absolute atomic E-state index is 11.4. The molecule has 0 saturated heterocycles. The molecule has 0 aliphatic rings. The summed E-state index contributed by atoms with van der Waals surface area (Å²) in [5, 5.41) is 17.6. The molecule has 7 heteroatoms. The molecule has 1 unspecified atom stereocenters. The molecule has 0 aliphatic carbocycles. The molecule has 1 atom stereocenters. The van der Waals surface area contributed by atoms with Crippen LogP contribution in [0.2, 0.25) is 0 Å². The van der Waals surface area contributed by atoms with Crippen LogP contribution in [0.15, 0.2) is 28.6 Å². The topological polar surface area (TPSA) is 87.5 Å². The van der Waals surface area contributed by atoms with Crippen LogP contribution in [0.25, 0.3) is 10.2 Å². The molecule has 0 radical (unpaired) electrons. The Hall–Kier alpha value is -1.60. The third-order valence-electron chi connectivity index (χ3n) is 3.07. The number of carboxylic acid groups (broad SMARTS) is 2. The summed E-state index contributed by atoms with van der Waals surface area (Å²) in [5.41, 5.74) is -0.265. The Kier molecular flexibility index (Phi) is 4.53. The highest BCUT2D eigenvalue weighted by molar-refractivity contribution is 8.02. The molecule has 112 valence electrons. The number of aliphatic carboxylic acids is 2. The van der Waals surface area contributed by atoms with Gasteiger partial charge in [-0.2, -0.15) is 0 Å². The lowest BCUT2D eigenvalue weighted by molar-refractivity contribution is -0.148. The van der Waals surface area contributed by atoms with Crippen LogP contribution >= 0.6 is 23.1 Å². The first-order chi connectivity index (χ1) is 9.79. The van der Waals surface area contributed by atoms with Gasteiger partial charge in [-0.3, -0.25) is 9.59 Å². The van der Waals surface area contributed by atoms with Gasteiger partial charge in [-0.05, 0) is 32.4 Å². The summed E-state index contributed by atoms with van der Waals surface area (Å²) in [5.74, 6) is -2.02. The molecule has 0 fully saturated rings. The van der Waals surface area contributed by atoms with E-state index in [1.807, 2.05) is 24.3 Å². The van der Waals surface area contributed by atoms with Gasteiger partial charge in [-0.1, -0.05) is 23.9 Å². The van der Waals surface area contributed by atoms with Crippen LogP contribution in [0.1, 0.15) is 20.3 Å². The van der Waals surface area contributed by atoms with Gasteiger partial charge in [0.15, 0.2) is 4.34 Å². The van der Waals surface area contributed by atoms with E-state index in [-0.39, 0.29) is 6.42 Å². The van der Waals surface area contributed by atoms with Crippen molar-refractivity contribution in [3.8, 4) is 0 Å². The van der Waals surface area contributed by atoms with Gasteiger partial charge in [-0.25, -0.2) is 4.98 Å². The van der Waals surface area contributed by atoms with E-state index in [1.54, 1.807) is 0 Å². The molecule has 21 heavy (non-hydrogen) atoms. The molecule has 2 rings (SSSR count). The molecule has 0 amide bonds. The maximum atomic E-state index is 11.4. The van der Waals surface area contributed by atoms with Crippen LogP contribution in [0.3, 0.4) is 0 Å². The van der Waals surface area contributed by atoms with Gasteiger partial charge in [0.2, 0.25) is 0 Å². The van der Waals surface area contributed by atoms with Gasteiger partial charge in [-0.15, -0.1) is 11.3 Å². The molecular weight excluding hydrogens is 310 g/mol. The van der Waals surface area contributed by atoms with E-state index in [4.69, 9.17) is 5.11 Å². The molecule has 5 nitrogen and oxygen atoms in total. The SMILES string of the molecule is CC(C)(CC(Sc1nc2ccccc2s1)C(=O)O)C(=O)O. The second-order valence-corrected chi connectivity index (χ2v) is 7.77. The van der Waals surface area contributed by atoms with E-state index in [9.17, 15) is 14.7 Å². The number of hydrogen-bond donors (Lipinski definition) is 2. The monoisotopic (exact) mass is 325 g/mol. The van der Waals surface area contributed by atoms with Crippen LogP contribution in [-0.2, 0) is 9.59 Å². The standard InChI is InChI=1S/C14H15NO4S2/c1-14(2,12(18)19)7-10(11(16)17)21-13-15-8-5-3-4-6-9(8)20-13/h3-6,10H,7H2,1-2H3,(H,16,17)(H,18,19). The molecule has 2 N–H and O–H groups in total. The lowest BCUT2D eigenvalue weighted by Crippen LogP contribution is -2.31. The number of hydrogen-bond acceptors (Lipinski definition) is 5. The van der Waals surface area contributed by atoms with Gasteiger partial charge in [0.1, 0.15) is 5.25 Å². The van der Waals surface area contributed by atoms with Crippen LogP contribution in [0.5, 0.6) is 0 Å². The van der Waals surface area contributed by atoms with Crippen molar-refractivity contribution in [2.75, 3.05) is 0 Å². The average Bonchev–Trinajstić information content (AvgIpc) is 2.79. The molecule has 0 saturated carbocycles. The highest BCUT2D eigenvalue weighted by Gasteiger charge is 2.34. The van der Waals surface area contributed by atoms with Gasteiger partial charge in [0, 0.05) is 0 Å². The van der Waals surface area contributed by atoms with Crippen molar-refractivity contribution in [2.24, 2.45) is 5.41 Å². The maximum Gasteiger partial charge on any atom is 0.317 e. The smallest absolute Gasteiger partial charge is 0.317 e.